The monoisotopic (exact) mass is 549 g/mol. The molecular weight excluding hydrogens is 506 g/mol. The minimum absolute atomic E-state index is 0.00720. The smallest absolute Gasteiger partial charge is 0.326 e. The van der Waals surface area contributed by atoms with Gasteiger partial charge >= 0.3 is 5.97 Å². The highest BCUT2D eigenvalue weighted by atomic mass is 16.5. The van der Waals surface area contributed by atoms with Gasteiger partial charge in [-0.1, -0.05) is 38.1 Å². The van der Waals surface area contributed by atoms with Gasteiger partial charge in [-0.25, -0.2) is 9.78 Å². The van der Waals surface area contributed by atoms with Crippen molar-refractivity contribution in [1.29, 1.82) is 0 Å². The third-order valence-electron chi connectivity index (χ3n) is 7.43. The van der Waals surface area contributed by atoms with E-state index in [1.807, 2.05) is 63.1 Å². The first kappa shape index (κ1) is 30.7. The molecule has 0 radical (unpaired) electrons. The van der Waals surface area contributed by atoms with Gasteiger partial charge in [0.15, 0.2) is 0 Å². The van der Waals surface area contributed by atoms with E-state index in [1.54, 1.807) is 23.9 Å². The van der Waals surface area contributed by atoms with Crippen LogP contribution in [0.3, 0.4) is 0 Å². The molecule has 2 N–H and O–H groups in total. The van der Waals surface area contributed by atoms with Crippen molar-refractivity contribution in [2.45, 2.75) is 78.8 Å². The number of nitrogens with one attached hydrogen (secondary N) is 1. The molecule has 0 saturated heterocycles. The van der Waals surface area contributed by atoms with Gasteiger partial charge in [-0.2, -0.15) is 4.98 Å². The van der Waals surface area contributed by atoms with Gasteiger partial charge in [-0.15, -0.1) is 0 Å². The number of methoxy groups -OCH3 is 1. The SMILES string of the molecule is CCC(CC)c1cnc(N(CC)CC)nc1N[C@@H](Cc1ccc(-c2c(OC)ccn(C(C)C)c2=O)cc1)C(=O)O. The lowest BCUT2D eigenvalue weighted by molar-refractivity contribution is -0.137. The summed E-state index contributed by atoms with van der Waals surface area (Å²) < 4.78 is 7.15. The number of hydrogen-bond acceptors (Lipinski definition) is 7. The second kappa shape index (κ2) is 14.0. The van der Waals surface area contributed by atoms with E-state index in [2.05, 4.69) is 24.1 Å². The van der Waals surface area contributed by atoms with Crippen molar-refractivity contribution in [3.8, 4) is 16.9 Å². The molecule has 0 bridgehead atoms. The Hall–Kier alpha value is -3.88. The fourth-order valence-corrected chi connectivity index (χ4v) is 4.97. The number of hydrogen-bond donors (Lipinski definition) is 2. The summed E-state index contributed by atoms with van der Waals surface area (Å²) in [6.45, 7) is 13.7. The van der Waals surface area contributed by atoms with Crippen LogP contribution in [0.1, 0.15) is 77.5 Å². The third-order valence-corrected chi connectivity index (χ3v) is 7.43. The molecule has 0 spiro atoms. The molecule has 2 aromatic heterocycles. The maximum Gasteiger partial charge on any atom is 0.326 e. The number of nitrogens with zero attached hydrogens (tertiary/aromatic N) is 4. The summed E-state index contributed by atoms with van der Waals surface area (Å²) in [6.07, 6.45) is 5.62. The number of rotatable bonds is 14. The van der Waals surface area contributed by atoms with Crippen LogP contribution < -0.4 is 20.5 Å². The Balaban J connectivity index is 1.94. The lowest BCUT2D eigenvalue weighted by Gasteiger charge is -2.24. The minimum atomic E-state index is -0.966. The van der Waals surface area contributed by atoms with Crippen LogP contribution in [0.15, 0.2) is 47.5 Å². The van der Waals surface area contributed by atoms with Gasteiger partial charge in [0.25, 0.3) is 5.56 Å². The Morgan fingerprint density at radius 1 is 1.07 bits per heavy atom. The van der Waals surface area contributed by atoms with Gasteiger partial charge in [-0.05, 0) is 63.6 Å². The van der Waals surface area contributed by atoms with E-state index in [-0.39, 0.29) is 23.9 Å². The molecule has 3 rings (SSSR count). The topological polar surface area (TPSA) is 110 Å². The summed E-state index contributed by atoms with van der Waals surface area (Å²) in [5.41, 5.74) is 2.83. The fraction of sp³-hybridized carbons (Fsp3) is 0.484. The third kappa shape index (κ3) is 6.81. The zero-order valence-electron chi connectivity index (χ0n) is 24.8. The number of anilines is 2. The molecule has 0 unspecified atom stereocenters. The molecule has 216 valence electrons. The van der Waals surface area contributed by atoms with Crippen molar-refractivity contribution < 1.29 is 14.6 Å². The molecule has 1 atom stereocenters. The zero-order chi connectivity index (χ0) is 29.4. The van der Waals surface area contributed by atoms with Crippen LogP contribution in [0.2, 0.25) is 0 Å². The van der Waals surface area contributed by atoms with Gasteiger partial charge in [0.1, 0.15) is 17.6 Å². The predicted molar refractivity (Wildman–Crippen MR) is 161 cm³/mol. The number of aromatic nitrogens is 3. The maximum atomic E-state index is 13.2. The largest absolute Gasteiger partial charge is 0.496 e. The molecule has 0 amide bonds. The van der Waals surface area contributed by atoms with E-state index < -0.39 is 12.0 Å². The molecule has 9 heteroatoms. The van der Waals surface area contributed by atoms with Crippen LogP contribution >= 0.6 is 0 Å². The zero-order valence-corrected chi connectivity index (χ0v) is 24.8. The van der Waals surface area contributed by atoms with Crippen molar-refractivity contribution in [3.05, 3.63) is 64.2 Å². The van der Waals surface area contributed by atoms with Gasteiger partial charge in [0.05, 0.1) is 12.7 Å². The second-order valence-corrected chi connectivity index (χ2v) is 10.2. The predicted octanol–water partition coefficient (Wildman–Crippen LogP) is 5.75. The molecule has 0 fully saturated rings. The van der Waals surface area contributed by atoms with Crippen LogP contribution in [0.5, 0.6) is 5.75 Å². The molecule has 0 saturated carbocycles. The molecule has 0 aliphatic rings. The van der Waals surface area contributed by atoms with Gasteiger partial charge in [0.2, 0.25) is 5.95 Å². The molecule has 0 aliphatic carbocycles. The summed E-state index contributed by atoms with van der Waals surface area (Å²) in [6, 6.07) is 8.31. The summed E-state index contributed by atoms with van der Waals surface area (Å²) in [7, 11) is 1.55. The first-order valence-electron chi connectivity index (χ1n) is 14.2. The summed E-state index contributed by atoms with van der Waals surface area (Å²) >= 11 is 0. The van der Waals surface area contributed by atoms with Gasteiger partial charge in [0, 0.05) is 43.5 Å². The quantitative estimate of drug-likeness (QED) is 0.262. The Morgan fingerprint density at radius 3 is 2.25 bits per heavy atom. The standard InChI is InChI=1S/C31H43N5O4/c1-8-22(9-2)24-19-32-31(35(10-3)11-4)34-28(24)33-25(30(38)39)18-21-12-14-23(15-13-21)27-26(40-7)16-17-36(20(5)6)29(27)37/h12-17,19-20,22,25H,8-11,18H2,1-7H3,(H,38,39)(H,32,33,34)/t25-/m0/s1. The Morgan fingerprint density at radius 2 is 1.73 bits per heavy atom. The van der Waals surface area contributed by atoms with E-state index in [0.29, 0.717) is 23.1 Å². The Kier molecular flexibility index (Phi) is 10.7. The Bertz CT molecular complexity index is 1330. The van der Waals surface area contributed by atoms with Crippen molar-refractivity contribution in [1.82, 2.24) is 14.5 Å². The van der Waals surface area contributed by atoms with Crippen LogP contribution in [0, 0.1) is 0 Å². The number of ether oxygens (including phenoxy) is 1. The number of carbonyl (C=O) groups is 1. The maximum absolute atomic E-state index is 13.2. The molecule has 0 aliphatic heterocycles. The highest BCUT2D eigenvalue weighted by molar-refractivity contribution is 5.78. The summed E-state index contributed by atoms with van der Waals surface area (Å²) in [5.74, 6) is 0.906. The van der Waals surface area contributed by atoms with E-state index in [1.165, 1.54) is 0 Å². The average Bonchev–Trinajstić information content (AvgIpc) is 2.95. The normalized spacial score (nSPS) is 12.0. The summed E-state index contributed by atoms with van der Waals surface area (Å²) in [5, 5.41) is 13.4. The number of benzene rings is 1. The van der Waals surface area contributed by atoms with Crippen molar-refractivity contribution >= 4 is 17.7 Å². The lowest BCUT2D eigenvalue weighted by atomic mass is 9.95. The van der Waals surface area contributed by atoms with Crippen molar-refractivity contribution in [2.24, 2.45) is 0 Å². The van der Waals surface area contributed by atoms with Crippen LogP contribution in [0.25, 0.3) is 11.1 Å². The van der Waals surface area contributed by atoms with Crippen molar-refractivity contribution in [2.75, 3.05) is 30.4 Å². The van der Waals surface area contributed by atoms with E-state index >= 15 is 0 Å². The first-order chi connectivity index (χ1) is 19.2. The van der Waals surface area contributed by atoms with Gasteiger partial charge < -0.3 is 24.6 Å². The fourth-order valence-electron chi connectivity index (χ4n) is 4.97. The molecule has 9 nitrogen and oxygen atoms in total. The van der Waals surface area contributed by atoms with E-state index in [9.17, 15) is 14.7 Å². The highest BCUT2D eigenvalue weighted by Crippen LogP contribution is 2.31. The molecule has 2 heterocycles. The highest BCUT2D eigenvalue weighted by Gasteiger charge is 2.24. The Labute approximate surface area is 237 Å². The summed E-state index contributed by atoms with van der Waals surface area (Å²) in [4.78, 5) is 37.0. The minimum Gasteiger partial charge on any atom is -0.496 e. The number of carboxylic acid groups (broad SMARTS) is 1. The second-order valence-electron chi connectivity index (χ2n) is 10.2. The van der Waals surface area contributed by atoms with Crippen LogP contribution in [0.4, 0.5) is 11.8 Å². The molecule has 40 heavy (non-hydrogen) atoms. The number of pyridine rings is 1. The van der Waals surface area contributed by atoms with Crippen molar-refractivity contribution in [3.63, 3.8) is 0 Å². The van der Waals surface area contributed by atoms with Crippen LogP contribution in [-0.2, 0) is 11.2 Å². The molecular formula is C31H43N5O4. The van der Waals surface area contributed by atoms with E-state index in [0.717, 1.165) is 42.6 Å². The van der Waals surface area contributed by atoms with E-state index in [4.69, 9.17) is 9.72 Å². The number of carboxylic acids is 1. The molecule has 1 aromatic carbocycles. The van der Waals surface area contributed by atoms with Gasteiger partial charge in [-0.3, -0.25) is 4.79 Å². The number of aliphatic carboxylic acids is 1. The average molecular weight is 550 g/mol. The van der Waals surface area contributed by atoms with Crippen LogP contribution in [-0.4, -0.2) is 51.9 Å². The molecule has 3 aromatic rings. The first-order valence-corrected chi connectivity index (χ1v) is 14.2. The lowest BCUT2D eigenvalue weighted by Crippen LogP contribution is -2.33.